The minimum Gasteiger partial charge on any atom is -0.423 e. The first-order valence-corrected chi connectivity index (χ1v) is 12.7. The van der Waals surface area contributed by atoms with Crippen LogP contribution in [0.25, 0.3) is 33.0 Å². The molecule has 0 saturated carbocycles. The molecule has 0 saturated heterocycles. The maximum absolute atomic E-state index is 9.91. The second-order valence-electron chi connectivity index (χ2n) is 9.26. The Morgan fingerprint density at radius 1 is 0.474 bits per heavy atom. The monoisotopic (exact) mass is 491 g/mol. The van der Waals surface area contributed by atoms with Gasteiger partial charge in [-0.05, 0) is 63.3 Å². The van der Waals surface area contributed by atoms with Crippen molar-refractivity contribution in [2.24, 2.45) is 0 Å². The number of nitrogens with zero attached hydrogens (tertiary/aromatic N) is 1. The molecule has 0 aliphatic rings. The number of para-hydroxylation sites is 1. The van der Waals surface area contributed by atoms with Gasteiger partial charge in [-0.25, -0.2) is 0 Å². The average molecular weight is 491 g/mol. The lowest BCUT2D eigenvalue weighted by atomic mass is 9.78. The van der Waals surface area contributed by atoms with Crippen molar-refractivity contribution in [1.29, 1.82) is 0 Å². The van der Waals surface area contributed by atoms with Crippen LogP contribution in [0.1, 0.15) is 0 Å². The Bertz CT molecular complexity index is 1680. The molecule has 0 aromatic heterocycles. The maximum atomic E-state index is 9.91. The van der Waals surface area contributed by atoms with Gasteiger partial charge in [0.2, 0.25) is 0 Å². The number of rotatable bonds is 6. The fraction of sp³-hybridized carbons (Fsp3) is 0. The highest BCUT2D eigenvalue weighted by Gasteiger charge is 2.20. The summed E-state index contributed by atoms with van der Waals surface area (Å²) in [4.78, 5) is 2.21. The van der Waals surface area contributed by atoms with E-state index in [9.17, 15) is 10.0 Å². The van der Waals surface area contributed by atoms with Crippen molar-refractivity contribution in [3.05, 3.63) is 146 Å². The van der Waals surface area contributed by atoms with E-state index in [1.54, 1.807) is 6.07 Å². The minimum absolute atomic E-state index is 0.451. The van der Waals surface area contributed by atoms with Crippen LogP contribution in [0.2, 0.25) is 0 Å². The average Bonchev–Trinajstić information content (AvgIpc) is 2.98. The SMILES string of the molecule is OB(O)c1ccc(N(c2ccccc2)c2ccc(-c3cccc4ccccc34)cc2)c(-c2ccccc2)c1. The molecule has 0 aliphatic carbocycles. The van der Waals surface area contributed by atoms with Crippen LogP contribution in [0.4, 0.5) is 17.1 Å². The number of benzene rings is 6. The lowest BCUT2D eigenvalue weighted by Gasteiger charge is -2.28. The zero-order valence-corrected chi connectivity index (χ0v) is 20.8. The Hall–Kier alpha value is -4.64. The van der Waals surface area contributed by atoms with Gasteiger partial charge in [-0.15, -0.1) is 0 Å². The Balaban J connectivity index is 1.50. The zero-order valence-electron chi connectivity index (χ0n) is 20.8. The first kappa shape index (κ1) is 23.7. The van der Waals surface area contributed by atoms with E-state index in [0.29, 0.717) is 5.46 Å². The van der Waals surface area contributed by atoms with Crippen LogP contribution in [0.5, 0.6) is 0 Å². The molecule has 6 aromatic carbocycles. The van der Waals surface area contributed by atoms with Crippen LogP contribution < -0.4 is 10.4 Å². The van der Waals surface area contributed by atoms with Gasteiger partial charge in [0.25, 0.3) is 0 Å². The van der Waals surface area contributed by atoms with Gasteiger partial charge in [-0.2, -0.15) is 0 Å². The molecule has 0 amide bonds. The van der Waals surface area contributed by atoms with Gasteiger partial charge < -0.3 is 14.9 Å². The van der Waals surface area contributed by atoms with Crippen LogP contribution in [0, 0.1) is 0 Å². The molecule has 0 heterocycles. The summed E-state index contributed by atoms with van der Waals surface area (Å²) in [6, 6.07) is 49.4. The number of hydrogen-bond acceptors (Lipinski definition) is 3. The van der Waals surface area contributed by atoms with Crippen molar-refractivity contribution >= 4 is 40.4 Å². The largest absolute Gasteiger partial charge is 0.488 e. The third-order valence-electron chi connectivity index (χ3n) is 6.88. The molecule has 6 rings (SSSR count). The molecule has 38 heavy (non-hydrogen) atoms. The summed E-state index contributed by atoms with van der Waals surface area (Å²) in [5.41, 5.74) is 7.69. The summed E-state index contributed by atoms with van der Waals surface area (Å²) in [5, 5.41) is 22.3. The molecule has 0 bridgehead atoms. The smallest absolute Gasteiger partial charge is 0.423 e. The van der Waals surface area contributed by atoms with Gasteiger partial charge in [0.15, 0.2) is 0 Å². The third-order valence-corrected chi connectivity index (χ3v) is 6.88. The van der Waals surface area contributed by atoms with Crippen molar-refractivity contribution in [2.75, 3.05) is 4.90 Å². The van der Waals surface area contributed by atoms with Crippen molar-refractivity contribution in [2.45, 2.75) is 0 Å². The molecule has 0 unspecified atom stereocenters. The predicted octanol–water partition coefficient (Wildman–Crippen LogP) is 7.32. The summed E-state index contributed by atoms with van der Waals surface area (Å²) < 4.78 is 0. The molecule has 2 N–H and O–H groups in total. The van der Waals surface area contributed by atoms with E-state index in [2.05, 4.69) is 83.8 Å². The first-order valence-electron chi connectivity index (χ1n) is 12.7. The summed E-state index contributed by atoms with van der Waals surface area (Å²) in [5.74, 6) is 0. The van der Waals surface area contributed by atoms with Gasteiger partial charge >= 0.3 is 7.12 Å². The summed E-state index contributed by atoms with van der Waals surface area (Å²) in [6.07, 6.45) is 0. The van der Waals surface area contributed by atoms with E-state index < -0.39 is 7.12 Å². The summed E-state index contributed by atoms with van der Waals surface area (Å²) >= 11 is 0. The molecule has 182 valence electrons. The summed E-state index contributed by atoms with van der Waals surface area (Å²) in [7, 11) is -1.54. The minimum atomic E-state index is -1.54. The first-order chi connectivity index (χ1) is 18.7. The molecule has 0 radical (unpaired) electrons. The molecular weight excluding hydrogens is 465 g/mol. The highest BCUT2D eigenvalue weighted by atomic mass is 16.4. The van der Waals surface area contributed by atoms with Gasteiger partial charge in [-0.3, -0.25) is 0 Å². The van der Waals surface area contributed by atoms with E-state index in [1.807, 2.05) is 60.7 Å². The zero-order chi connectivity index (χ0) is 25.9. The fourth-order valence-electron chi connectivity index (χ4n) is 5.03. The van der Waals surface area contributed by atoms with Crippen molar-refractivity contribution in [3.63, 3.8) is 0 Å². The summed E-state index contributed by atoms with van der Waals surface area (Å²) in [6.45, 7) is 0. The fourth-order valence-corrected chi connectivity index (χ4v) is 5.03. The van der Waals surface area contributed by atoms with Crippen LogP contribution in [-0.4, -0.2) is 17.2 Å². The van der Waals surface area contributed by atoms with E-state index in [0.717, 1.165) is 33.8 Å². The lowest BCUT2D eigenvalue weighted by Crippen LogP contribution is -2.30. The topological polar surface area (TPSA) is 43.7 Å². The molecule has 4 heteroatoms. The highest BCUT2D eigenvalue weighted by molar-refractivity contribution is 6.58. The third kappa shape index (κ3) is 4.59. The Kier molecular flexibility index (Phi) is 6.49. The highest BCUT2D eigenvalue weighted by Crippen LogP contribution is 2.41. The quantitative estimate of drug-likeness (QED) is 0.240. The van der Waals surface area contributed by atoms with Crippen LogP contribution >= 0.6 is 0 Å². The van der Waals surface area contributed by atoms with Gasteiger partial charge in [-0.1, -0.05) is 115 Å². The van der Waals surface area contributed by atoms with Crippen molar-refractivity contribution < 1.29 is 10.0 Å². The van der Waals surface area contributed by atoms with Crippen LogP contribution in [0.3, 0.4) is 0 Å². The van der Waals surface area contributed by atoms with Gasteiger partial charge in [0.1, 0.15) is 0 Å². The molecule has 6 aromatic rings. The molecular formula is C34H26BNO2. The number of hydrogen-bond donors (Lipinski definition) is 2. The molecule has 0 atom stereocenters. The lowest BCUT2D eigenvalue weighted by molar-refractivity contribution is 0.426. The molecule has 0 aliphatic heterocycles. The van der Waals surface area contributed by atoms with Crippen LogP contribution in [-0.2, 0) is 0 Å². The predicted molar refractivity (Wildman–Crippen MR) is 159 cm³/mol. The van der Waals surface area contributed by atoms with Gasteiger partial charge in [0.05, 0.1) is 5.69 Å². The second-order valence-corrected chi connectivity index (χ2v) is 9.26. The Morgan fingerprint density at radius 2 is 1.08 bits per heavy atom. The standard InChI is InChI=1S/C34H26BNO2/c37-35(38)28-20-23-34(33(24-28)26-10-3-1-4-11-26)36(29-14-5-2-6-15-29)30-21-18-27(19-22-30)32-17-9-13-25-12-7-8-16-31(25)32/h1-24,37-38H. The molecule has 0 spiro atoms. The van der Waals surface area contributed by atoms with E-state index in [1.165, 1.54) is 16.3 Å². The number of fused-ring (bicyclic) bond motifs is 1. The van der Waals surface area contributed by atoms with Crippen molar-refractivity contribution in [1.82, 2.24) is 0 Å². The Labute approximate surface area is 223 Å². The van der Waals surface area contributed by atoms with E-state index in [-0.39, 0.29) is 0 Å². The van der Waals surface area contributed by atoms with Gasteiger partial charge in [0, 0.05) is 16.9 Å². The number of anilines is 3. The second kappa shape index (κ2) is 10.4. The Morgan fingerprint density at radius 3 is 1.82 bits per heavy atom. The van der Waals surface area contributed by atoms with E-state index >= 15 is 0 Å². The molecule has 3 nitrogen and oxygen atoms in total. The molecule has 0 fully saturated rings. The van der Waals surface area contributed by atoms with E-state index in [4.69, 9.17) is 0 Å². The maximum Gasteiger partial charge on any atom is 0.488 e. The van der Waals surface area contributed by atoms with Crippen molar-refractivity contribution in [3.8, 4) is 22.3 Å². The van der Waals surface area contributed by atoms with Crippen LogP contribution in [0.15, 0.2) is 146 Å². The normalized spacial score (nSPS) is 10.9.